The van der Waals surface area contributed by atoms with Crippen LogP contribution in [0.25, 0.3) is 0 Å². The fourth-order valence-electron chi connectivity index (χ4n) is 4.80. The predicted octanol–water partition coefficient (Wildman–Crippen LogP) is 4.23. The number of halogens is 2. The summed E-state index contributed by atoms with van der Waals surface area (Å²) in [4.78, 5) is 28.3. The number of fused-ring (bicyclic) bond motifs is 2. The van der Waals surface area contributed by atoms with Crippen LogP contribution in [-0.4, -0.2) is 43.0 Å². The van der Waals surface area contributed by atoms with Crippen molar-refractivity contribution in [1.29, 1.82) is 0 Å². The summed E-state index contributed by atoms with van der Waals surface area (Å²) in [6.45, 7) is 2.89. The van der Waals surface area contributed by atoms with E-state index in [1.807, 2.05) is 31.2 Å². The molecule has 0 saturated carbocycles. The Hall–Kier alpha value is -2.08. The average Bonchev–Trinajstić information content (AvgIpc) is 2.90. The molecule has 3 atom stereocenters. The molecule has 1 spiro atoms. The number of nitrogens with one attached hydrogen (secondary N) is 1. The maximum atomic E-state index is 13.6. The number of amides is 2. The third-order valence-corrected chi connectivity index (χ3v) is 6.61. The first-order valence-electron chi connectivity index (χ1n) is 9.59. The van der Waals surface area contributed by atoms with Crippen molar-refractivity contribution in [2.75, 3.05) is 25.5 Å². The van der Waals surface area contributed by atoms with E-state index in [9.17, 15) is 9.59 Å². The molecule has 29 heavy (non-hydrogen) atoms. The lowest BCUT2D eigenvalue weighted by Gasteiger charge is -2.40. The lowest BCUT2D eigenvalue weighted by atomic mass is 9.64. The highest BCUT2D eigenvalue weighted by molar-refractivity contribution is 6.31. The zero-order valence-electron chi connectivity index (χ0n) is 16.2. The number of anilines is 1. The van der Waals surface area contributed by atoms with Crippen LogP contribution in [0, 0.1) is 0 Å². The van der Waals surface area contributed by atoms with E-state index in [0.717, 1.165) is 11.1 Å². The Morgan fingerprint density at radius 3 is 2.62 bits per heavy atom. The fraction of sp³-hybridized carbons (Fsp3) is 0.364. The van der Waals surface area contributed by atoms with Crippen molar-refractivity contribution in [2.45, 2.75) is 30.8 Å². The quantitative estimate of drug-likeness (QED) is 0.788. The van der Waals surface area contributed by atoms with Crippen molar-refractivity contribution in [3.8, 4) is 0 Å². The van der Waals surface area contributed by atoms with Crippen molar-refractivity contribution >= 4 is 40.7 Å². The lowest BCUT2D eigenvalue weighted by Crippen LogP contribution is -2.51. The fourth-order valence-corrected chi connectivity index (χ4v) is 5.17. The van der Waals surface area contributed by atoms with Gasteiger partial charge in [-0.1, -0.05) is 41.4 Å². The molecule has 2 heterocycles. The topological polar surface area (TPSA) is 58.6 Å². The summed E-state index contributed by atoms with van der Waals surface area (Å²) in [7, 11) is 1.55. The molecular formula is C22H22Cl2N2O3. The molecule has 0 radical (unpaired) electrons. The maximum Gasteiger partial charge on any atom is 0.238 e. The minimum atomic E-state index is -1.07. The smallest absolute Gasteiger partial charge is 0.238 e. The first-order valence-corrected chi connectivity index (χ1v) is 10.3. The molecular weight excluding hydrogens is 411 g/mol. The van der Waals surface area contributed by atoms with Crippen LogP contribution < -0.4 is 5.32 Å². The van der Waals surface area contributed by atoms with Gasteiger partial charge in [-0.05, 0) is 42.3 Å². The largest absolute Gasteiger partial charge is 0.379 e. The molecule has 152 valence electrons. The van der Waals surface area contributed by atoms with Gasteiger partial charge in [-0.3, -0.25) is 9.59 Å². The van der Waals surface area contributed by atoms with Gasteiger partial charge < -0.3 is 15.0 Å². The van der Waals surface area contributed by atoms with Gasteiger partial charge in [0, 0.05) is 41.8 Å². The van der Waals surface area contributed by atoms with E-state index in [0.29, 0.717) is 28.8 Å². The Morgan fingerprint density at radius 1 is 1.17 bits per heavy atom. The molecule has 0 unspecified atom stereocenters. The molecule has 2 aliphatic heterocycles. The second-order valence-corrected chi connectivity index (χ2v) is 8.35. The Morgan fingerprint density at radius 2 is 1.93 bits per heavy atom. The van der Waals surface area contributed by atoms with Crippen LogP contribution in [0.5, 0.6) is 0 Å². The van der Waals surface area contributed by atoms with Crippen molar-refractivity contribution in [1.82, 2.24) is 4.90 Å². The van der Waals surface area contributed by atoms with Crippen LogP contribution >= 0.6 is 23.2 Å². The van der Waals surface area contributed by atoms with Crippen LogP contribution in [0.4, 0.5) is 5.69 Å². The van der Waals surface area contributed by atoms with Crippen LogP contribution in [0.15, 0.2) is 42.5 Å². The summed E-state index contributed by atoms with van der Waals surface area (Å²) < 4.78 is 5.84. The van der Waals surface area contributed by atoms with Crippen molar-refractivity contribution in [2.24, 2.45) is 0 Å². The second-order valence-electron chi connectivity index (χ2n) is 7.48. The number of methoxy groups -OCH3 is 1. The minimum absolute atomic E-state index is 0.0292. The van der Waals surface area contributed by atoms with E-state index in [1.54, 1.807) is 30.2 Å². The summed E-state index contributed by atoms with van der Waals surface area (Å²) in [5.74, 6) is -0.546. The number of carbonyl (C=O) groups excluding carboxylic acids is 2. The monoisotopic (exact) mass is 432 g/mol. The Kier molecular flexibility index (Phi) is 5.32. The number of hydrogen-bond donors (Lipinski definition) is 1. The number of nitrogens with zero attached hydrogens (tertiary/aromatic N) is 1. The Balaban J connectivity index is 2.01. The highest BCUT2D eigenvalue weighted by Crippen LogP contribution is 2.53. The van der Waals surface area contributed by atoms with Crippen molar-refractivity contribution in [3.63, 3.8) is 0 Å². The maximum absolute atomic E-state index is 13.6. The van der Waals surface area contributed by atoms with Gasteiger partial charge in [0.25, 0.3) is 0 Å². The van der Waals surface area contributed by atoms with Gasteiger partial charge in [0.15, 0.2) is 0 Å². The second kappa shape index (κ2) is 7.63. The third kappa shape index (κ3) is 3.12. The third-order valence-electron chi connectivity index (χ3n) is 6.14. The van der Waals surface area contributed by atoms with Crippen LogP contribution in [0.1, 0.15) is 30.4 Å². The van der Waals surface area contributed by atoms with Crippen LogP contribution in [0.3, 0.4) is 0 Å². The number of benzene rings is 2. The van der Waals surface area contributed by atoms with Gasteiger partial charge in [0.05, 0.1) is 12.5 Å². The van der Waals surface area contributed by atoms with E-state index in [-0.39, 0.29) is 24.2 Å². The van der Waals surface area contributed by atoms with Crippen molar-refractivity contribution < 1.29 is 14.3 Å². The molecule has 2 aromatic rings. The van der Waals surface area contributed by atoms with E-state index >= 15 is 0 Å². The zero-order valence-corrected chi connectivity index (χ0v) is 17.8. The van der Waals surface area contributed by atoms with E-state index in [2.05, 4.69) is 5.32 Å². The standard InChI is InChI=1S/C22H22Cl2N2O3/c1-3-26-12-17(13-5-4-6-14(23)9-13)22(19(29-2)11-20(26)27)16-8-7-15(24)10-18(16)25-21(22)28/h4-10,17,19H,3,11-12H2,1-2H3,(H,25,28)/t17-,19+,22-/m0/s1. The molecule has 2 aliphatic rings. The molecule has 1 N–H and O–H groups in total. The number of hydrogen-bond acceptors (Lipinski definition) is 3. The highest BCUT2D eigenvalue weighted by atomic mass is 35.5. The molecule has 5 nitrogen and oxygen atoms in total. The summed E-state index contributed by atoms with van der Waals surface area (Å²) in [6.07, 6.45) is -0.505. The van der Waals surface area contributed by atoms with Gasteiger partial charge in [0.1, 0.15) is 5.41 Å². The van der Waals surface area contributed by atoms with Crippen LogP contribution in [0.2, 0.25) is 10.0 Å². The van der Waals surface area contributed by atoms with Crippen molar-refractivity contribution in [3.05, 3.63) is 63.6 Å². The molecule has 1 saturated heterocycles. The molecule has 2 aromatic carbocycles. The first-order chi connectivity index (χ1) is 13.9. The number of rotatable bonds is 3. The highest BCUT2D eigenvalue weighted by Gasteiger charge is 2.60. The lowest BCUT2D eigenvalue weighted by molar-refractivity contribution is -0.133. The van der Waals surface area contributed by atoms with Crippen LogP contribution in [-0.2, 0) is 19.7 Å². The SMILES string of the molecule is CCN1C[C@@H](c2cccc(Cl)c2)[C@]2(C(=O)Nc3cc(Cl)ccc32)[C@H](OC)CC1=O. The first kappa shape index (κ1) is 20.2. The van der Waals surface area contributed by atoms with E-state index < -0.39 is 11.5 Å². The number of carbonyl (C=O) groups is 2. The summed E-state index contributed by atoms with van der Waals surface area (Å²) in [5.41, 5.74) is 1.29. The van der Waals surface area contributed by atoms with Gasteiger partial charge in [0.2, 0.25) is 11.8 Å². The molecule has 1 fully saturated rings. The average molecular weight is 433 g/mol. The Bertz CT molecular complexity index is 980. The normalized spacial score (nSPS) is 26.4. The number of likely N-dealkylation sites (N-methyl/N-ethyl adjacent to an activating group) is 1. The van der Waals surface area contributed by atoms with Gasteiger partial charge in [-0.2, -0.15) is 0 Å². The Labute approximate surface area is 179 Å². The molecule has 0 bridgehead atoms. The number of ether oxygens (including phenoxy) is 1. The van der Waals surface area contributed by atoms with Gasteiger partial charge in [-0.25, -0.2) is 0 Å². The molecule has 2 amide bonds. The summed E-state index contributed by atoms with van der Waals surface area (Å²) in [6, 6.07) is 12.9. The molecule has 7 heteroatoms. The van der Waals surface area contributed by atoms with E-state index in [4.69, 9.17) is 27.9 Å². The molecule has 0 aliphatic carbocycles. The molecule has 0 aromatic heterocycles. The zero-order chi connectivity index (χ0) is 20.8. The van der Waals surface area contributed by atoms with E-state index in [1.165, 1.54) is 0 Å². The summed E-state index contributed by atoms with van der Waals surface area (Å²) in [5, 5.41) is 4.11. The number of likely N-dealkylation sites (tertiary alicyclic amines) is 1. The molecule has 4 rings (SSSR count). The van der Waals surface area contributed by atoms with Gasteiger partial charge >= 0.3 is 0 Å². The predicted molar refractivity (Wildman–Crippen MR) is 114 cm³/mol. The minimum Gasteiger partial charge on any atom is -0.379 e. The summed E-state index contributed by atoms with van der Waals surface area (Å²) >= 11 is 12.5. The van der Waals surface area contributed by atoms with Gasteiger partial charge in [-0.15, -0.1) is 0 Å².